The summed E-state index contributed by atoms with van der Waals surface area (Å²) in [4.78, 5) is 81.3. The minimum atomic E-state index is -1.17. The van der Waals surface area contributed by atoms with Crippen molar-refractivity contribution in [2.75, 3.05) is 26.7 Å². The number of nitrogens with one attached hydrogen (secondary N) is 4. The molecule has 5 N–H and O–H groups in total. The zero-order valence-electron chi connectivity index (χ0n) is 28.6. The smallest absolute Gasteiger partial charge is 0.315 e. The molecule has 0 aromatic heterocycles. The molecule has 4 unspecified atom stereocenters. The van der Waals surface area contributed by atoms with Gasteiger partial charge in [0.25, 0.3) is 5.91 Å². The summed E-state index contributed by atoms with van der Waals surface area (Å²) in [6, 6.07) is -3.62. The lowest BCUT2D eigenvalue weighted by atomic mass is 9.83. The van der Waals surface area contributed by atoms with E-state index in [4.69, 9.17) is 0 Å². The molecule has 1 saturated carbocycles. The third-order valence-electron chi connectivity index (χ3n) is 9.44. The predicted molar refractivity (Wildman–Crippen MR) is 177 cm³/mol. The maximum Gasteiger partial charge on any atom is 0.315 e. The Hall–Kier alpha value is -3.74. The number of hydrogen-bond acceptors (Lipinski definition) is 8. The minimum Gasteiger partial charge on any atom is -0.379 e. The van der Waals surface area contributed by atoms with E-state index in [1.54, 1.807) is 11.9 Å². The summed E-state index contributed by atoms with van der Waals surface area (Å²) < 4.78 is 0. The second-order valence-electron chi connectivity index (χ2n) is 14.1. The second-order valence-corrected chi connectivity index (χ2v) is 14.1. The molecule has 3 aliphatic rings. The highest BCUT2D eigenvalue weighted by atomic mass is 16.3. The van der Waals surface area contributed by atoms with Gasteiger partial charge in [-0.05, 0) is 43.4 Å². The van der Waals surface area contributed by atoms with Crippen molar-refractivity contribution in [3.8, 4) is 0 Å². The Morgan fingerprint density at radius 2 is 1.74 bits per heavy atom. The van der Waals surface area contributed by atoms with Gasteiger partial charge in [-0.25, -0.2) is 4.79 Å². The van der Waals surface area contributed by atoms with Crippen LogP contribution in [-0.4, -0.2) is 107 Å². The van der Waals surface area contributed by atoms with Crippen LogP contribution in [0.1, 0.15) is 85.5 Å². The lowest BCUT2D eigenvalue weighted by Crippen LogP contribution is -2.60. The Morgan fingerprint density at radius 3 is 2.32 bits per heavy atom. The fourth-order valence-corrected chi connectivity index (χ4v) is 6.49. The number of carbonyl (C=O) groups is 6. The van der Waals surface area contributed by atoms with E-state index in [0.717, 1.165) is 32.1 Å². The lowest BCUT2D eigenvalue weighted by molar-refractivity contribution is -0.143. The summed E-state index contributed by atoms with van der Waals surface area (Å²) in [5, 5.41) is 21.2. The van der Waals surface area contributed by atoms with Crippen molar-refractivity contribution in [3.63, 3.8) is 0 Å². The van der Waals surface area contributed by atoms with Gasteiger partial charge in [-0.15, -0.1) is 6.58 Å². The monoisotopic (exact) mass is 658 g/mol. The average Bonchev–Trinajstić information content (AvgIpc) is 3.54. The molecule has 1 saturated heterocycles. The lowest BCUT2D eigenvalue weighted by Gasteiger charge is -2.39. The molecule has 262 valence electrons. The van der Waals surface area contributed by atoms with Crippen molar-refractivity contribution in [2.45, 2.75) is 116 Å². The molecule has 0 bridgehead atoms. The largest absolute Gasteiger partial charge is 0.379 e. The van der Waals surface area contributed by atoms with Crippen LogP contribution in [0.2, 0.25) is 0 Å². The number of ketones is 2. The summed E-state index contributed by atoms with van der Waals surface area (Å²) in [5.41, 5.74) is 0.0860. The van der Waals surface area contributed by atoms with Crippen molar-refractivity contribution in [3.05, 3.63) is 24.4 Å². The first-order valence-electron chi connectivity index (χ1n) is 16.9. The van der Waals surface area contributed by atoms with Gasteiger partial charge in [0.05, 0.1) is 17.8 Å². The van der Waals surface area contributed by atoms with Crippen LogP contribution in [0.3, 0.4) is 0 Å². The van der Waals surface area contributed by atoms with Crippen molar-refractivity contribution in [1.29, 1.82) is 0 Å². The van der Waals surface area contributed by atoms with Crippen LogP contribution in [0.5, 0.6) is 0 Å². The molecule has 2 fully saturated rings. The number of likely N-dealkylation sites (N-methyl/N-ethyl adjacent to an activating group) is 1. The Morgan fingerprint density at radius 1 is 1.06 bits per heavy atom. The highest BCUT2D eigenvalue weighted by molar-refractivity contribution is 6.38. The maximum atomic E-state index is 14.2. The highest BCUT2D eigenvalue weighted by Gasteiger charge is 2.42. The third kappa shape index (κ3) is 9.88. The van der Waals surface area contributed by atoms with Gasteiger partial charge in [0.15, 0.2) is 11.9 Å². The maximum absolute atomic E-state index is 14.2. The molecule has 0 spiro atoms. The number of hydrogen-bond donors (Lipinski definition) is 5. The molecule has 1 aliphatic heterocycles. The van der Waals surface area contributed by atoms with Gasteiger partial charge in [-0.2, -0.15) is 0 Å². The Kier molecular flexibility index (Phi) is 13.6. The molecule has 13 heteroatoms. The topological polar surface area (TPSA) is 177 Å². The molecule has 13 nitrogen and oxygen atoms in total. The molecule has 3 rings (SSSR count). The van der Waals surface area contributed by atoms with Gasteiger partial charge < -0.3 is 36.2 Å². The minimum absolute atomic E-state index is 0.105. The van der Waals surface area contributed by atoms with E-state index in [-0.39, 0.29) is 30.6 Å². The molecule has 0 aromatic rings. The van der Waals surface area contributed by atoms with Gasteiger partial charge in [0, 0.05) is 32.8 Å². The van der Waals surface area contributed by atoms with Crippen LogP contribution in [0.4, 0.5) is 4.79 Å². The fraction of sp³-hybridized carbons (Fsp3) is 0.706. The number of urea groups is 1. The van der Waals surface area contributed by atoms with Gasteiger partial charge in [-0.1, -0.05) is 59.5 Å². The van der Waals surface area contributed by atoms with Crippen LogP contribution in [0.15, 0.2) is 24.4 Å². The zero-order valence-corrected chi connectivity index (χ0v) is 28.6. The van der Waals surface area contributed by atoms with Gasteiger partial charge in [0.1, 0.15) is 12.1 Å². The first-order chi connectivity index (χ1) is 22.2. The molecule has 5 amide bonds. The molecule has 0 radical (unpaired) electrons. The number of Topliss-reactive ketones (excluding diaryl/α,β-unsaturated/α-hetero) is 1. The quantitative estimate of drug-likeness (QED) is 0.130. The summed E-state index contributed by atoms with van der Waals surface area (Å²) in [5.74, 6) is -2.83. The summed E-state index contributed by atoms with van der Waals surface area (Å²) in [6.07, 6.45) is 7.93. The molecule has 0 aromatic carbocycles. The molecular formula is C34H54N6O7. The van der Waals surface area contributed by atoms with E-state index in [1.807, 2.05) is 27.7 Å². The van der Waals surface area contributed by atoms with Crippen molar-refractivity contribution < 1.29 is 33.9 Å². The normalized spacial score (nSPS) is 21.8. The standard InChI is InChI=1S/C34H54N6O7/c1-7-13-22(28(42)31(45)35-17-8-2)36-30(44)23-16-12-18-40(23)32(46)27(21-14-10-9-11-15-21)38-33(47)37-26(34(3,4)5)20-39(6)24-19-25(41)29(24)43/h8,19,21-23,26-27,29,43H,2,7,9-18,20H2,1,3-6H3,(H,35,45)(H,36,44)(H2,37,38,47)/t22?,23-,26?,27?,29?/m0/s1. The van der Waals surface area contributed by atoms with Crippen LogP contribution in [0, 0.1) is 11.3 Å². The van der Waals surface area contributed by atoms with Gasteiger partial charge in [-0.3, -0.25) is 24.0 Å². The summed E-state index contributed by atoms with van der Waals surface area (Å²) >= 11 is 0. The Labute approximate surface area is 278 Å². The predicted octanol–water partition coefficient (Wildman–Crippen LogP) is 1.56. The number of carbonyl (C=O) groups excluding carboxylic acids is 6. The van der Waals surface area contributed by atoms with E-state index < -0.39 is 59.3 Å². The van der Waals surface area contributed by atoms with E-state index in [9.17, 15) is 33.9 Å². The Bertz CT molecular complexity index is 1220. The molecule has 2 aliphatic carbocycles. The van der Waals surface area contributed by atoms with E-state index in [0.29, 0.717) is 38.0 Å². The van der Waals surface area contributed by atoms with Gasteiger partial charge in [0.2, 0.25) is 17.6 Å². The highest BCUT2D eigenvalue weighted by Crippen LogP contribution is 2.30. The van der Waals surface area contributed by atoms with Crippen molar-refractivity contribution in [2.24, 2.45) is 11.3 Å². The summed E-state index contributed by atoms with van der Waals surface area (Å²) in [6.45, 7) is 12.1. The number of nitrogens with zero attached hydrogens (tertiary/aromatic N) is 2. The molecule has 1 heterocycles. The van der Waals surface area contributed by atoms with Crippen molar-refractivity contribution in [1.82, 2.24) is 31.1 Å². The molecule has 47 heavy (non-hydrogen) atoms. The second kappa shape index (κ2) is 16.9. The number of aliphatic hydroxyl groups excluding tert-OH is 1. The van der Waals surface area contributed by atoms with E-state index in [1.165, 1.54) is 17.1 Å². The SMILES string of the molecule is C=CCNC(=O)C(=O)C(CCC)NC(=O)[C@@H]1CCCN1C(=O)C(NC(=O)NC(CN(C)C1=CC(=O)C1O)C(C)(C)C)C1CCCCC1. The van der Waals surface area contributed by atoms with E-state index >= 15 is 0 Å². The van der Waals surface area contributed by atoms with Crippen LogP contribution < -0.4 is 21.3 Å². The number of rotatable bonds is 15. The van der Waals surface area contributed by atoms with E-state index in [2.05, 4.69) is 27.8 Å². The number of aliphatic hydroxyl groups is 1. The van der Waals surface area contributed by atoms with Gasteiger partial charge >= 0.3 is 6.03 Å². The summed E-state index contributed by atoms with van der Waals surface area (Å²) in [7, 11) is 1.75. The number of amides is 5. The van der Waals surface area contributed by atoms with Crippen LogP contribution >= 0.6 is 0 Å². The molecular weight excluding hydrogens is 604 g/mol. The number of likely N-dealkylation sites (tertiary alicyclic amines) is 1. The van der Waals surface area contributed by atoms with Crippen LogP contribution in [0.25, 0.3) is 0 Å². The first kappa shape index (κ1) is 37.7. The third-order valence-corrected chi connectivity index (χ3v) is 9.44. The van der Waals surface area contributed by atoms with Crippen LogP contribution in [-0.2, 0) is 24.0 Å². The first-order valence-corrected chi connectivity index (χ1v) is 16.9. The Balaban J connectivity index is 1.75. The molecule has 5 atom stereocenters. The fourth-order valence-electron chi connectivity index (χ4n) is 6.49. The average molecular weight is 659 g/mol. The van der Waals surface area contributed by atoms with Crippen molar-refractivity contribution >= 4 is 35.3 Å². The zero-order chi connectivity index (χ0) is 34.9.